The minimum absolute atomic E-state index is 0.0218. The predicted molar refractivity (Wildman–Crippen MR) is 124 cm³/mol. The molecule has 0 spiro atoms. The van der Waals surface area contributed by atoms with Gasteiger partial charge in [0.05, 0.1) is 41.8 Å². The number of rotatable bonds is 6. The fourth-order valence-electron chi connectivity index (χ4n) is 4.27. The number of carbonyl (C=O) groups is 1. The highest BCUT2D eigenvalue weighted by atomic mass is 16.5. The Morgan fingerprint density at radius 1 is 1.06 bits per heavy atom. The van der Waals surface area contributed by atoms with Gasteiger partial charge in [0.1, 0.15) is 5.82 Å². The Balaban J connectivity index is 1.37. The summed E-state index contributed by atoms with van der Waals surface area (Å²) < 4.78 is 6.14. The van der Waals surface area contributed by atoms with Gasteiger partial charge in [0.25, 0.3) is 0 Å². The van der Waals surface area contributed by atoms with E-state index in [9.17, 15) is 4.79 Å². The third-order valence-electron chi connectivity index (χ3n) is 6.14. The summed E-state index contributed by atoms with van der Waals surface area (Å²) in [5.74, 6) is 1.14. The number of hydrogen-bond acceptors (Lipinski definition) is 5. The normalized spacial score (nSPS) is 19.5. The molecule has 0 radical (unpaired) electrons. The van der Waals surface area contributed by atoms with Crippen LogP contribution in [0.5, 0.6) is 5.75 Å². The molecule has 2 aromatic carbocycles. The average molecular weight is 425 g/mol. The number of benzene rings is 2. The summed E-state index contributed by atoms with van der Waals surface area (Å²) in [6.07, 6.45) is 4.13. The zero-order chi connectivity index (χ0) is 22.1. The SMILES string of the molecule is Cc1ncc(OC[C@@]2(c3ccccc3)CC2C(=O)Nc2cnc3ccccc3c2)c(C)n1. The molecular formula is C26H24N4O2. The Hall–Kier alpha value is -3.80. The van der Waals surface area contributed by atoms with E-state index in [4.69, 9.17) is 4.74 Å². The summed E-state index contributed by atoms with van der Waals surface area (Å²) in [5, 5.41) is 4.05. The minimum atomic E-state index is -0.382. The molecule has 1 aliphatic rings. The van der Waals surface area contributed by atoms with Gasteiger partial charge >= 0.3 is 0 Å². The first-order valence-corrected chi connectivity index (χ1v) is 10.7. The molecule has 1 N–H and O–H groups in total. The summed E-state index contributed by atoms with van der Waals surface area (Å²) in [6, 6.07) is 19.9. The summed E-state index contributed by atoms with van der Waals surface area (Å²) in [6.45, 7) is 4.15. The number of carbonyl (C=O) groups excluding carboxylic acids is 1. The van der Waals surface area contributed by atoms with Crippen LogP contribution in [0.15, 0.2) is 73.1 Å². The van der Waals surface area contributed by atoms with Gasteiger partial charge in [-0.15, -0.1) is 0 Å². The fourth-order valence-corrected chi connectivity index (χ4v) is 4.27. The van der Waals surface area contributed by atoms with Crippen LogP contribution in [0.1, 0.15) is 23.5 Å². The van der Waals surface area contributed by atoms with Crippen molar-refractivity contribution >= 4 is 22.5 Å². The topological polar surface area (TPSA) is 77.0 Å². The van der Waals surface area contributed by atoms with Crippen molar-refractivity contribution in [3.05, 3.63) is 90.1 Å². The van der Waals surface area contributed by atoms with Gasteiger partial charge in [0.15, 0.2) is 5.75 Å². The van der Waals surface area contributed by atoms with Gasteiger partial charge in [-0.05, 0) is 38.0 Å². The highest BCUT2D eigenvalue weighted by Gasteiger charge is 2.60. The van der Waals surface area contributed by atoms with Gasteiger partial charge in [0.2, 0.25) is 5.91 Å². The molecule has 0 aliphatic heterocycles. The zero-order valence-electron chi connectivity index (χ0n) is 18.1. The largest absolute Gasteiger partial charge is 0.489 e. The van der Waals surface area contributed by atoms with Crippen LogP contribution in [-0.2, 0) is 10.2 Å². The number of ether oxygens (including phenoxy) is 1. The van der Waals surface area contributed by atoms with Crippen LogP contribution in [0.3, 0.4) is 0 Å². The van der Waals surface area contributed by atoms with Crippen molar-refractivity contribution < 1.29 is 9.53 Å². The minimum Gasteiger partial charge on any atom is -0.489 e. The van der Waals surface area contributed by atoms with Gasteiger partial charge in [0, 0.05) is 10.8 Å². The van der Waals surface area contributed by atoms with Crippen LogP contribution in [0, 0.1) is 19.8 Å². The second-order valence-electron chi connectivity index (χ2n) is 8.34. The number of fused-ring (bicyclic) bond motifs is 1. The molecular weight excluding hydrogens is 400 g/mol. The van der Waals surface area contributed by atoms with E-state index in [-0.39, 0.29) is 17.2 Å². The van der Waals surface area contributed by atoms with E-state index in [0.29, 0.717) is 23.9 Å². The fraction of sp³-hybridized carbons (Fsp3) is 0.231. The lowest BCUT2D eigenvalue weighted by atomic mass is 9.93. The van der Waals surface area contributed by atoms with Crippen molar-refractivity contribution in [2.24, 2.45) is 5.92 Å². The molecule has 160 valence electrons. The monoisotopic (exact) mass is 424 g/mol. The number of hydrogen-bond donors (Lipinski definition) is 1. The number of nitrogens with one attached hydrogen (secondary N) is 1. The average Bonchev–Trinajstić information content (AvgIpc) is 3.55. The van der Waals surface area contributed by atoms with Gasteiger partial charge in [-0.1, -0.05) is 48.5 Å². The molecule has 6 nitrogen and oxygen atoms in total. The van der Waals surface area contributed by atoms with Crippen LogP contribution in [0.2, 0.25) is 0 Å². The van der Waals surface area contributed by atoms with Crippen LogP contribution < -0.4 is 10.1 Å². The molecule has 1 fully saturated rings. The smallest absolute Gasteiger partial charge is 0.228 e. The van der Waals surface area contributed by atoms with E-state index in [1.54, 1.807) is 12.4 Å². The first-order valence-electron chi connectivity index (χ1n) is 10.7. The lowest BCUT2D eigenvalue weighted by Crippen LogP contribution is -2.26. The lowest BCUT2D eigenvalue weighted by Gasteiger charge is -2.19. The molecule has 0 saturated heterocycles. The molecule has 4 aromatic rings. The van der Waals surface area contributed by atoms with Crippen molar-refractivity contribution in [1.82, 2.24) is 15.0 Å². The number of nitrogens with zero attached hydrogens (tertiary/aromatic N) is 3. The van der Waals surface area contributed by atoms with Gasteiger partial charge in [-0.25, -0.2) is 9.97 Å². The van der Waals surface area contributed by atoms with E-state index < -0.39 is 0 Å². The molecule has 1 amide bonds. The molecule has 2 atom stereocenters. The molecule has 5 rings (SSSR count). The maximum absolute atomic E-state index is 13.2. The summed E-state index contributed by atoms with van der Waals surface area (Å²) in [5.41, 5.74) is 3.12. The van der Waals surface area contributed by atoms with Crippen molar-refractivity contribution in [2.75, 3.05) is 11.9 Å². The maximum atomic E-state index is 13.2. The molecule has 2 heterocycles. The lowest BCUT2D eigenvalue weighted by molar-refractivity contribution is -0.117. The Morgan fingerprint density at radius 2 is 1.84 bits per heavy atom. The van der Waals surface area contributed by atoms with E-state index in [0.717, 1.165) is 28.6 Å². The Morgan fingerprint density at radius 3 is 2.66 bits per heavy atom. The Labute approximate surface area is 186 Å². The molecule has 32 heavy (non-hydrogen) atoms. The number of aryl methyl sites for hydroxylation is 2. The summed E-state index contributed by atoms with van der Waals surface area (Å²) >= 11 is 0. The van der Waals surface area contributed by atoms with E-state index in [2.05, 4.69) is 32.4 Å². The Kier molecular flexibility index (Phi) is 5.05. The number of pyridine rings is 1. The van der Waals surface area contributed by atoms with Gasteiger partial charge in [-0.2, -0.15) is 0 Å². The van der Waals surface area contributed by atoms with E-state index >= 15 is 0 Å². The van der Waals surface area contributed by atoms with Crippen LogP contribution >= 0.6 is 0 Å². The molecule has 1 aliphatic carbocycles. The summed E-state index contributed by atoms with van der Waals surface area (Å²) in [7, 11) is 0. The van der Waals surface area contributed by atoms with Crippen LogP contribution in [0.4, 0.5) is 5.69 Å². The van der Waals surface area contributed by atoms with Gasteiger partial charge in [-0.3, -0.25) is 9.78 Å². The van der Waals surface area contributed by atoms with E-state index in [1.807, 2.05) is 62.4 Å². The van der Waals surface area contributed by atoms with Crippen molar-refractivity contribution in [1.29, 1.82) is 0 Å². The predicted octanol–water partition coefficient (Wildman–Crippen LogP) is 4.62. The number of para-hydroxylation sites is 1. The molecule has 6 heteroatoms. The zero-order valence-corrected chi connectivity index (χ0v) is 18.1. The first kappa shape index (κ1) is 20.1. The molecule has 2 aromatic heterocycles. The summed E-state index contributed by atoms with van der Waals surface area (Å²) in [4.78, 5) is 26.3. The second kappa shape index (κ2) is 8.04. The quantitative estimate of drug-likeness (QED) is 0.489. The second-order valence-corrected chi connectivity index (χ2v) is 8.34. The van der Waals surface area contributed by atoms with Crippen LogP contribution in [0.25, 0.3) is 10.9 Å². The third kappa shape index (κ3) is 3.80. The highest BCUT2D eigenvalue weighted by molar-refractivity contribution is 5.97. The van der Waals surface area contributed by atoms with Gasteiger partial charge < -0.3 is 10.1 Å². The molecule has 1 saturated carbocycles. The number of anilines is 1. The van der Waals surface area contributed by atoms with Crippen molar-refractivity contribution in [2.45, 2.75) is 25.7 Å². The Bertz CT molecular complexity index is 1290. The number of amides is 1. The number of aromatic nitrogens is 3. The standard InChI is InChI=1S/C26H24N4O2/c1-17-24(15-27-18(2)29-17)32-16-26(20-9-4-3-5-10-20)13-22(26)25(31)30-21-12-19-8-6-7-11-23(19)28-14-21/h3-12,14-15,22H,13,16H2,1-2H3,(H,30,31)/t22?,26-/m1/s1. The maximum Gasteiger partial charge on any atom is 0.228 e. The van der Waals surface area contributed by atoms with Crippen molar-refractivity contribution in [3.63, 3.8) is 0 Å². The van der Waals surface area contributed by atoms with Crippen LogP contribution in [-0.4, -0.2) is 27.5 Å². The molecule has 0 bridgehead atoms. The highest BCUT2D eigenvalue weighted by Crippen LogP contribution is 2.55. The first-order chi connectivity index (χ1) is 15.5. The molecule has 1 unspecified atom stereocenters. The third-order valence-corrected chi connectivity index (χ3v) is 6.14. The van der Waals surface area contributed by atoms with E-state index in [1.165, 1.54) is 0 Å². The van der Waals surface area contributed by atoms with Crippen molar-refractivity contribution in [3.8, 4) is 5.75 Å².